The minimum Gasteiger partial charge on any atom is -0.462 e. The summed E-state index contributed by atoms with van der Waals surface area (Å²) >= 11 is 0. The Hall–Kier alpha value is -0.610. The van der Waals surface area contributed by atoms with Crippen LogP contribution in [0.15, 0.2) is 0 Å². The zero-order chi connectivity index (χ0) is 10.3. The Balaban J connectivity index is 2.14. The van der Waals surface area contributed by atoms with E-state index in [1.54, 1.807) is 0 Å². The lowest BCUT2D eigenvalue weighted by Crippen LogP contribution is -2.52. The van der Waals surface area contributed by atoms with E-state index in [1.165, 1.54) is 0 Å². The third-order valence-electron chi connectivity index (χ3n) is 2.95. The number of esters is 1. The summed E-state index contributed by atoms with van der Waals surface area (Å²) in [5.41, 5.74) is 0. The third-order valence-corrected chi connectivity index (χ3v) is 2.95. The predicted octanol–water partition coefficient (Wildman–Crippen LogP) is 0.476. The first-order valence-corrected chi connectivity index (χ1v) is 5.12. The van der Waals surface area contributed by atoms with E-state index in [-0.39, 0.29) is 24.3 Å². The first-order valence-electron chi connectivity index (χ1n) is 5.12. The predicted molar refractivity (Wildman–Crippen MR) is 48.6 cm³/mol. The molecule has 2 fully saturated rings. The maximum absolute atomic E-state index is 11.5. The summed E-state index contributed by atoms with van der Waals surface area (Å²) in [6.07, 6.45) is 0.377. The number of aliphatic hydroxyl groups is 1. The minimum atomic E-state index is -0.608. The second kappa shape index (κ2) is 3.51. The second-order valence-corrected chi connectivity index (χ2v) is 4.30. The number of cyclic esters (lactones) is 1. The summed E-state index contributed by atoms with van der Waals surface area (Å²) in [5.74, 6) is -0.782. The normalized spacial score (nSPS) is 48.2. The summed E-state index contributed by atoms with van der Waals surface area (Å²) in [6.45, 7) is 3.77. The number of fused-ring (bicyclic) bond motifs is 1. The maximum Gasteiger partial charge on any atom is 0.314 e. The topological polar surface area (TPSA) is 55.8 Å². The van der Waals surface area contributed by atoms with Crippen molar-refractivity contribution in [2.75, 3.05) is 0 Å². The highest BCUT2D eigenvalue weighted by molar-refractivity contribution is 5.75. The molecule has 2 saturated heterocycles. The molecule has 2 heterocycles. The average Bonchev–Trinajstić information content (AvgIpc) is 1.99. The van der Waals surface area contributed by atoms with Crippen LogP contribution in [0.3, 0.4) is 0 Å². The van der Waals surface area contributed by atoms with Crippen molar-refractivity contribution in [3.05, 3.63) is 0 Å². The van der Waals surface area contributed by atoms with Crippen LogP contribution in [0.2, 0.25) is 0 Å². The summed E-state index contributed by atoms with van der Waals surface area (Å²) < 4.78 is 10.7. The third kappa shape index (κ3) is 1.64. The molecule has 0 aromatic heterocycles. The van der Waals surface area contributed by atoms with Crippen molar-refractivity contribution in [2.24, 2.45) is 5.92 Å². The van der Waals surface area contributed by atoms with Gasteiger partial charge in [-0.15, -0.1) is 0 Å². The van der Waals surface area contributed by atoms with Gasteiger partial charge in [-0.05, 0) is 13.8 Å². The van der Waals surface area contributed by atoms with Gasteiger partial charge in [-0.2, -0.15) is 0 Å². The molecule has 0 bridgehead atoms. The molecule has 4 nitrogen and oxygen atoms in total. The van der Waals surface area contributed by atoms with Gasteiger partial charge >= 0.3 is 5.97 Å². The molecule has 80 valence electrons. The highest BCUT2D eigenvalue weighted by Gasteiger charge is 2.46. The van der Waals surface area contributed by atoms with Gasteiger partial charge in [-0.3, -0.25) is 4.79 Å². The molecule has 0 amide bonds. The van der Waals surface area contributed by atoms with E-state index in [1.807, 2.05) is 13.8 Å². The summed E-state index contributed by atoms with van der Waals surface area (Å²) in [5, 5.41) is 9.75. The van der Waals surface area contributed by atoms with Crippen LogP contribution in [0.25, 0.3) is 0 Å². The number of carbonyl (C=O) groups is 1. The van der Waals surface area contributed by atoms with Gasteiger partial charge in [0.2, 0.25) is 0 Å². The van der Waals surface area contributed by atoms with Crippen LogP contribution in [0.5, 0.6) is 0 Å². The second-order valence-electron chi connectivity index (χ2n) is 4.30. The number of hydrogen-bond acceptors (Lipinski definition) is 4. The van der Waals surface area contributed by atoms with Crippen molar-refractivity contribution in [3.8, 4) is 0 Å². The Morgan fingerprint density at radius 1 is 1.29 bits per heavy atom. The molecule has 0 aromatic carbocycles. The Labute approximate surface area is 83.2 Å². The van der Waals surface area contributed by atoms with E-state index < -0.39 is 12.0 Å². The molecule has 14 heavy (non-hydrogen) atoms. The lowest BCUT2D eigenvalue weighted by molar-refractivity contribution is -0.201. The van der Waals surface area contributed by atoms with Crippen LogP contribution in [0, 0.1) is 5.92 Å². The van der Waals surface area contributed by atoms with Gasteiger partial charge in [0.15, 0.2) is 0 Å². The van der Waals surface area contributed by atoms with Gasteiger partial charge in [0, 0.05) is 12.8 Å². The average molecular weight is 200 g/mol. The van der Waals surface area contributed by atoms with Crippen molar-refractivity contribution < 1.29 is 19.4 Å². The highest BCUT2D eigenvalue weighted by Crippen LogP contribution is 2.33. The van der Waals surface area contributed by atoms with Gasteiger partial charge in [-0.1, -0.05) is 0 Å². The van der Waals surface area contributed by atoms with E-state index >= 15 is 0 Å². The van der Waals surface area contributed by atoms with Gasteiger partial charge in [0.05, 0.1) is 18.3 Å². The molecule has 2 rings (SSSR count). The fraction of sp³-hybridized carbons (Fsp3) is 0.900. The van der Waals surface area contributed by atoms with Crippen LogP contribution in [-0.4, -0.2) is 35.5 Å². The van der Waals surface area contributed by atoms with Crippen LogP contribution in [-0.2, 0) is 14.3 Å². The molecule has 0 radical (unpaired) electrons. The number of hydrogen-bond donors (Lipinski definition) is 1. The van der Waals surface area contributed by atoms with Crippen molar-refractivity contribution in [1.29, 1.82) is 0 Å². The van der Waals surface area contributed by atoms with Crippen molar-refractivity contribution in [1.82, 2.24) is 0 Å². The lowest BCUT2D eigenvalue weighted by atomic mass is 9.84. The maximum atomic E-state index is 11.5. The Bertz CT molecular complexity index is 238. The molecule has 4 heteroatoms. The van der Waals surface area contributed by atoms with E-state index in [2.05, 4.69) is 0 Å². The summed E-state index contributed by atoms with van der Waals surface area (Å²) in [4.78, 5) is 11.5. The molecule has 0 spiro atoms. The van der Waals surface area contributed by atoms with Gasteiger partial charge < -0.3 is 14.6 Å². The van der Waals surface area contributed by atoms with Crippen LogP contribution in [0.1, 0.15) is 26.7 Å². The van der Waals surface area contributed by atoms with Crippen molar-refractivity contribution in [3.63, 3.8) is 0 Å². The fourth-order valence-corrected chi connectivity index (χ4v) is 2.34. The molecule has 0 unspecified atom stereocenters. The zero-order valence-electron chi connectivity index (χ0n) is 8.47. The van der Waals surface area contributed by atoms with E-state index in [4.69, 9.17) is 9.47 Å². The van der Waals surface area contributed by atoms with E-state index in [0.29, 0.717) is 12.8 Å². The minimum absolute atomic E-state index is 0.0318. The summed E-state index contributed by atoms with van der Waals surface area (Å²) in [6, 6.07) is 0. The first-order chi connectivity index (χ1) is 6.58. The molecular formula is C10H16O4. The monoisotopic (exact) mass is 200 g/mol. The fourth-order valence-electron chi connectivity index (χ4n) is 2.34. The smallest absolute Gasteiger partial charge is 0.314 e. The van der Waals surface area contributed by atoms with Crippen molar-refractivity contribution in [2.45, 2.75) is 51.1 Å². The number of carbonyl (C=O) groups excluding carboxylic acids is 1. The largest absolute Gasteiger partial charge is 0.462 e. The SMILES string of the molecule is C[C@H]1C[C@H]2O[C@@H](C)C[C@@H](O)[C@H]2C(=O)O1. The van der Waals surface area contributed by atoms with Gasteiger partial charge in [0.25, 0.3) is 0 Å². The van der Waals surface area contributed by atoms with E-state index in [9.17, 15) is 9.90 Å². The number of rotatable bonds is 0. The molecule has 0 aromatic rings. The quantitative estimate of drug-likeness (QED) is 0.578. The van der Waals surface area contributed by atoms with Crippen LogP contribution < -0.4 is 0 Å². The molecule has 1 N–H and O–H groups in total. The Morgan fingerprint density at radius 2 is 2.00 bits per heavy atom. The van der Waals surface area contributed by atoms with Crippen molar-refractivity contribution >= 4 is 5.97 Å². The molecule has 5 atom stereocenters. The summed E-state index contributed by atoms with van der Waals surface area (Å²) in [7, 11) is 0. The Kier molecular flexibility index (Phi) is 2.49. The van der Waals surface area contributed by atoms with E-state index in [0.717, 1.165) is 0 Å². The molecular weight excluding hydrogens is 184 g/mol. The zero-order valence-corrected chi connectivity index (χ0v) is 8.47. The van der Waals surface area contributed by atoms with Gasteiger partial charge in [-0.25, -0.2) is 0 Å². The Morgan fingerprint density at radius 3 is 2.71 bits per heavy atom. The molecule has 2 aliphatic rings. The molecule has 2 aliphatic heterocycles. The lowest BCUT2D eigenvalue weighted by Gasteiger charge is -2.41. The standard InChI is InChI=1S/C10H16O4/c1-5-3-7(11)9-8(13-5)4-6(2)14-10(9)12/h5-9,11H,3-4H2,1-2H3/t5-,6-,7+,8+,9+/m0/s1. The van der Waals surface area contributed by atoms with Gasteiger partial charge in [0.1, 0.15) is 12.0 Å². The first kappa shape index (κ1) is 9.93. The highest BCUT2D eigenvalue weighted by atomic mass is 16.6. The number of ether oxygens (including phenoxy) is 2. The van der Waals surface area contributed by atoms with Crippen LogP contribution in [0.4, 0.5) is 0 Å². The molecule has 0 aliphatic carbocycles. The van der Waals surface area contributed by atoms with Crippen LogP contribution >= 0.6 is 0 Å². The number of aliphatic hydroxyl groups excluding tert-OH is 1. The molecule has 0 saturated carbocycles.